The Labute approximate surface area is 208 Å². The van der Waals surface area contributed by atoms with Gasteiger partial charge in [0.2, 0.25) is 18.3 Å². The molecule has 0 spiro atoms. The second kappa shape index (κ2) is 10.1. The molecule has 0 amide bonds. The zero-order chi connectivity index (χ0) is 25.4. The van der Waals surface area contributed by atoms with Crippen LogP contribution in [-0.4, -0.2) is 71.6 Å². The van der Waals surface area contributed by atoms with Crippen molar-refractivity contribution in [1.29, 1.82) is 0 Å². The van der Waals surface area contributed by atoms with Crippen molar-refractivity contribution in [3.05, 3.63) is 36.0 Å². The standard InChI is InChI=1S/C26H31F3N6O/c1-15(10-23(28)29)18-12-17-11-16(4-5-21(17)30-13-18)19-6-9-35-24(19)25(36-3)32-26(33-35)31-22-7-8-34(2)14-20(22)27/h4-6,9,11,13,15,18,20,22-23H,7-8,10,12,14H2,1-3H3,(H,31,33)/t15-,18+,20+,22-/m1/s1. The zero-order valence-corrected chi connectivity index (χ0v) is 20.7. The van der Waals surface area contributed by atoms with Crippen molar-refractivity contribution in [3.8, 4) is 17.0 Å². The monoisotopic (exact) mass is 500 g/mol. The third-order valence-corrected chi connectivity index (χ3v) is 7.26. The molecular formula is C26H31F3N6O. The van der Waals surface area contributed by atoms with Crippen LogP contribution < -0.4 is 10.1 Å². The van der Waals surface area contributed by atoms with Crippen LogP contribution in [0.2, 0.25) is 0 Å². The number of fused-ring (bicyclic) bond motifs is 2. The van der Waals surface area contributed by atoms with Crippen LogP contribution in [0.4, 0.5) is 24.8 Å². The number of piperidine rings is 1. The van der Waals surface area contributed by atoms with Gasteiger partial charge in [-0.2, -0.15) is 4.98 Å². The summed E-state index contributed by atoms with van der Waals surface area (Å²) in [6, 6.07) is 7.56. The van der Waals surface area contributed by atoms with Gasteiger partial charge in [-0.05, 0) is 55.1 Å². The average molecular weight is 501 g/mol. The Kier molecular flexibility index (Phi) is 6.87. The Morgan fingerprint density at radius 1 is 1.25 bits per heavy atom. The lowest BCUT2D eigenvalue weighted by molar-refractivity contribution is 0.111. The second-order valence-electron chi connectivity index (χ2n) is 9.88. The van der Waals surface area contributed by atoms with Gasteiger partial charge in [0.05, 0.1) is 18.8 Å². The Morgan fingerprint density at radius 3 is 2.83 bits per heavy atom. The molecule has 4 heterocycles. The van der Waals surface area contributed by atoms with E-state index in [2.05, 4.69) is 26.5 Å². The van der Waals surface area contributed by atoms with Gasteiger partial charge in [-0.1, -0.05) is 13.0 Å². The van der Waals surface area contributed by atoms with Crippen LogP contribution >= 0.6 is 0 Å². The third-order valence-electron chi connectivity index (χ3n) is 7.26. The molecule has 36 heavy (non-hydrogen) atoms. The third kappa shape index (κ3) is 4.91. The SMILES string of the molecule is COc1nc(N[C@@H]2CCN(C)C[C@@H]2F)nn2ccc(-c3ccc4c(c3)C[C@H]([C@H](C)CC(F)F)C=N4)c12. The number of aliphatic imine (C=N–C) groups is 1. The number of nitrogens with one attached hydrogen (secondary N) is 1. The second-order valence-corrected chi connectivity index (χ2v) is 9.88. The zero-order valence-electron chi connectivity index (χ0n) is 20.7. The Hall–Kier alpha value is -3.14. The summed E-state index contributed by atoms with van der Waals surface area (Å²) in [6.07, 6.45) is 1.48. The molecule has 0 bridgehead atoms. The summed E-state index contributed by atoms with van der Waals surface area (Å²) in [4.78, 5) is 11.0. The molecule has 1 aromatic carbocycles. The summed E-state index contributed by atoms with van der Waals surface area (Å²) in [5, 5.41) is 7.71. The van der Waals surface area contributed by atoms with Gasteiger partial charge in [-0.15, -0.1) is 5.10 Å². The molecule has 5 rings (SSSR count). The molecule has 1 saturated heterocycles. The molecule has 7 nitrogen and oxygen atoms in total. The van der Waals surface area contributed by atoms with Crippen molar-refractivity contribution in [1.82, 2.24) is 19.5 Å². The minimum Gasteiger partial charge on any atom is -0.479 e. The minimum absolute atomic E-state index is 0.0297. The molecule has 0 radical (unpaired) electrons. The van der Waals surface area contributed by atoms with E-state index >= 15 is 0 Å². The Balaban J connectivity index is 1.43. The van der Waals surface area contributed by atoms with Gasteiger partial charge in [-0.3, -0.25) is 4.99 Å². The number of halogens is 3. The summed E-state index contributed by atoms with van der Waals surface area (Å²) in [6.45, 7) is 3.02. The van der Waals surface area contributed by atoms with Crippen molar-refractivity contribution in [3.63, 3.8) is 0 Å². The number of rotatable bonds is 7. The lowest BCUT2D eigenvalue weighted by Crippen LogP contribution is -2.46. The lowest BCUT2D eigenvalue weighted by atomic mass is 9.84. The quantitative estimate of drug-likeness (QED) is 0.493. The highest BCUT2D eigenvalue weighted by Crippen LogP contribution is 2.37. The van der Waals surface area contributed by atoms with Crippen molar-refractivity contribution >= 4 is 23.4 Å². The number of hydrogen-bond donors (Lipinski definition) is 1. The van der Waals surface area contributed by atoms with Crippen LogP contribution in [0, 0.1) is 11.8 Å². The lowest BCUT2D eigenvalue weighted by Gasteiger charge is -2.32. The highest BCUT2D eigenvalue weighted by atomic mass is 19.3. The molecule has 192 valence electrons. The van der Waals surface area contributed by atoms with Gasteiger partial charge >= 0.3 is 0 Å². The Morgan fingerprint density at radius 2 is 2.08 bits per heavy atom. The molecule has 2 aliphatic heterocycles. The number of likely N-dealkylation sites (tertiary alicyclic amines) is 1. The maximum Gasteiger partial charge on any atom is 0.244 e. The molecule has 0 aliphatic carbocycles. The fourth-order valence-corrected chi connectivity index (χ4v) is 5.14. The summed E-state index contributed by atoms with van der Waals surface area (Å²) in [5.41, 5.74) is 4.40. The number of aromatic nitrogens is 3. The predicted octanol–water partition coefficient (Wildman–Crippen LogP) is 5.02. The average Bonchev–Trinajstić information content (AvgIpc) is 3.28. The first-order valence-electron chi connectivity index (χ1n) is 12.3. The number of hydrogen-bond acceptors (Lipinski definition) is 6. The van der Waals surface area contributed by atoms with Crippen LogP contribution in [0.25, 0.3) is 16.6 Å². The van der Waals surface area contributed by atoms with Crippen LogP contribution in [0.3, 0.4) is 0 Å². The highest BCUT2D eigenvalue weighted by Gasteiger charge is 2.29. The van der Waals surface area contributed by atoms with Crippen LogP contribution in [-0.2, 0) is 6.42 Å². The number of benzene rings is 1. The highest BCUT2D eigenvalue weighted by molar-refractivity contribution is 5.86. The smallest absolute Gasteiger partial charge is 0.244 e. The Bertz CT molecular complexity index is 1260. The van der Waals surface area contributed by atoms with Crippen molar-refractivity contribution in [2.75, 3.05) is 32.6 Å². The van der Waals surface area contributed by atoms with E-state index in [4.69, 9.17) is 4.74 Å². The maximum atomic E-state index is 14.5. The van der Waals surface area contributed by atoms with E-state index in [1.165, 1.54) is 0 Å². The van der Waals surface area contributed by atoms with Crippen LogP contribution in [0.1, 0.15) is 25.3 Å². The number of nitrogens with zero attached hydrogens (tertiary/aromatic N) is 5. The van der Waals surface area contributed by atoms with Crippen molar-refractivity contribution in [2.45, 2.75) is 44.8 Å². The van der Waals surface area contributed by atoms with Gasteiger partial charge in [0.25, 0.3) is 0 Å². The molecule has 2 aromatic heterocycles. The number of ether oxygens (including phenoxy) is 1. The number of alkyl halides is 3. The van der Waals surface area contributed by atoms with Crippen LogP contribution in [0.5, 0.6) is 5.88 Å². The first-order valence-corrected chi connectivity index (χ1v) is 12.3. The molecule has 0 saturated carbocycles. The first-order chi connectivity index (χ1) is 17.3. The molecular weight excluding hydrogens is 469 g/mol. The molecule has 4 atom stereocenters. The van der Waals surface area contributed by atoms with Gasteiger partial charge in [0.1, 0.15) is 11.7 Å². The molecule has 3 aromatic rings. The predicted molar refractivity (Wildman–Crippen MR) is 135 cm³/mol. The molecule has 1 fully saturated rings. The minimum atomic E-state index is -2.32. The molecule has 0 unspecified atom stereocenters. The van der Waals surface area contributed by atoms with Crippen LogP contribution in [0.15, 0.2) is 35.5 Å². The molecule has 10 heteroatoms. The van der Waals surface area contributed by atoms with Gasteiger partial charge < -0.3 is 15.0 Å². The summed E-state index contributed by atoms with van der Waals surface area (Å²) < 4.78 is 47.7. The normalized spacial score (nSPS) is 23.1. The van der Waals surface area contributed by atoms with Gasteiger partial charge in [-0.25, -0.2) is 17.7 Å². The summed E-state index contributed by atoms with van der Waals surface area (Å²) in [5.74, 6) is 0.510. The van der Waals surface area contributed by atoms with Gasteiger partial charge in [0, 0.05) is 43.4 Å². The van der Waals surface area contributed by atoms with E-state index in [9.17, 15) is 13.2 Å². The van der Waals surface area contributed by atoms with E-state index in [1.54, 1.807) is 17.8 Å². The van der Waals surface area contributed by atoms with Crippen molar-refractivity contribution in [2.24, 2.45) is 16.8 Å². The first kappa shape index (κ1) is 24.5. The maximum absolute atomic E-state index is 14.5. The van der Waals surface area contributed by atoms with E-state index < -0.39 is 12.6 Å². The van der Waals surface area contributed by atoms with Gasteiger partial charge in [0.15, 0.2) is 0 Å². The fraction of sp³-hybridized carbons (Fsp3) is 0.500. The van der Waals surface area contributed by atoms with Crippen molar-refractivity contribution < 1.29 is 17.9 Å². The fourth-order valence-electron chi connectivity index (χ4n) is 5.14. The molecule has 2 aliphatic rings. The largest absolute Gasteiger partial charge is 0.479 e. The van der Waals surface area contributed by atoms with E-state index in [-0.39, 0.29) is 24.3 Å². The number of anilines is 1. The summed E-state index contributed by atoms with van der Waals surface area (Å²) in [7, 11) is 3.46. The van der Waals surface area contributed by atoms with E-state index in [0.29, 0.717) is 36.7 Å². The van der Waals surface area contributed by atoms with E-state index in [1.807, 2.05) is 43.3 Å². The summed E-state index contributed by atoms with van der Waals surface area (Å²) >= 11 is 0. The molecule has 1 N–H and O–H groups in total. The topological polar surface area (TPSA) is 67.0 Å². The number of methoxy groups -OCH3 is 1. The van der Waals surface area contributed by atoms with E-state index in [0.717, 1.165) is 28.9 Å².